The highest BCUT2D eigenvalue weighted by Crippen LogP contribution is 2.32. The maximum Gasteiger partial charge on any atom is 0.371 e. The minimum Gasteiger partial charge on any atom is -0.475 e. The zero-order valence-corrected chi connectivity index (χ0v) is 22.2. The van der Waals surface area contributed by atoms with Gasteiger partial charge < -0.3 is 14.7 Å². The van der Waals surface area contributed by atoms with Gasteiger partial charge in [-0.3, -0.25) is 4.90 Å². The number of carboxylic acids is 1. The maximum absolute atomic E-state index is 13.7. The van der Waals surface area contributed by atoms with Crippen molar-refractivity contribution in [2.24, 2.45) is 5.92 Å². The standard InChI is InChI=1S/C31H34FN3O3/c1-20(2)13-26-19-34(18-22-14-21(3)27-8-9-28(31(36)37)38-29(27)15-22)11-12-35(26)30-10-7-24(17-33-30)23-5-4-6-25(32)16-23/h4-7,9-10,14-17,20,26H,8,11-13,18-19H2,1-3H3,(H,36,37)/t26-/m1/s1. The minimum atomic E-state index is -1.04. The first kappa shape index (κ1) is 25.9. The summed E-state index contributed by atoms with van der Waals surface area (Å²) in [6.07, 6.45) is 5.08. The van der Waals surface area contributed by atoms with Gasteiger partial charge in [0.25, 0.3) is 0 Å². The van der Waals surface area contributed by atoms with Gasteiger partial charge in [0, 0.05) is 49.5 Å². The Morgan fingerprint density at radius 2 is 2.00 bits per heavy atom. The van der Waals surface area contributed by atoms with E-state index in [4.69, 9.17) is 9.72 Å². The fraction of sp³-hybridized carbons (Fsp3) is 0.355. The molecule has 0 unspecified atom stereocenters. The molecule has 2 aliphatic heterocycles. The van der Waals surface area contributed by atoms with Crippen LogP contribution in [0.25, 0.3) is 11.1 Å². The third-order valence-electron chi connectivity index (χ3n) is 7.33. The molecule has 1 aromatic heterocycles. The number of hydrogen-bond acceptors (Lipinski definition) is 5. The summed E-state index contributed by atoms with van der Waals surface area (Å²) in [6.45, 7) is 9.98. The van der Waals surface area contributed by atoms with Crippen molar-refractivity contribution in [1.82, 2.24) is 9.88 Å². The van der Waals surface area contributed by atoms with Gasteiger partial charge in [0.15, 0.2) is 0 Å². The molecule has 1 saturated heterocycles. The number of allylic oxidation sites excluding steroid dienone is 1. The number of rotatable bonds is 7. The third kappa shape index (κ3) is 5.73. The Hall–Kier alpha value is -3.71. The fourth-order valence-corrected chi connectivity index (χ4v) is 5.55. The average molecular weight is 516 g/mol. The van der Waals surface area contributed by atoms with E-state index in [-0.39, 0.29) is 11.6 Å². The molecule has 0 amide bonds. The van der Waals surface area contributed by atoms with Gasteiger partial charge in [0.2, 0.25) is 5.76 Å². The van der Waals surface area contributed by atoms with Crippen LogP contribution < -0.4 is 9.64 Å². The third-order valence-corrected chi connectivity index (χ3v) is 7.33. The highest BCUT2D eigenvalue weighted by atomic mass is 19.1. The van der Waals surface area contributed by atoms with Crippen LogP contribution in [-0.2, 0) is 17.8 Å². The Balaban J connectivity index is 1.31. The van der Waals surface area contributed by atoms with Gasteiger partial charge in [0.05, 0.1) is 0 Å². The normalized spacial score (nSPS) is 17.7. The van der Waals surface area contributed by atoms with Crippen LogP contribution in [0.3, 0.4) is 0 Å². The van der Waals surface area contributed by atoms with Crippen LogP contribution in [0.1, 0.15) is 37.0 Å². The summed E-state index contributed by atoms with van der Waals surface area (Å²) in [4.78, 5) is 21.0. The molecule has 0 saturated carbocycles. The second kappa shape index (κ2) is 11.0. The highest BCUT2D eigenvalue weighted by Gasteiger charge is 2.29. The van der Waals surface area contributed by atoms with Crippen molar-refractivity contribution in [3.63, 3.8) is 0 Å². The summed E-state index contributed by atoms with van der Waals surface area (Å²) in [5, 5.41) is 9.34. The minimum absolute atomic E-state index is 0.00409. The lowest BCUT2D eigenvalue weighted by atomic mass is 9.97. The number of ether oxygens (including phenoxy) is 1. The fourth-order valence-electron chi connectivity index (χ4n) is 5.55. The van der Waals surface area contributed by atoms with Gasteiger partial charge in [-0.15, -0.1) is 0 Å². The second-order valence-corrected chi connectivity index (χ2v) is 10.7. The van der Waals surface area contributed by atoms with E-state index in [9.17, 15) is 14.3 Å². The molecule has 2 aromatic carbocycles. The van der Waals surface area contributed by atoms with Crippen LogP contribution in [0.2, 0.25) is 0 Å². The van der Waals surface area contributed by atoms with Gasteiger partial charge in [-0.25, -0.2) is 14.2 Å². The lowest BCUT2D eigenvalue weighted by Gasteiger charge is -2.43. The molecule has 6 nitrogen and oxygen atoms in total. The van der Waals surface area contributed by atoms with Crippen molar-refractivity contribution in [2.75, 3.05) is 24.5 Å². The van der Waals surface area contributed by atoms with Gasteiger partial charge >= 0.3 is 5.97 Å². The van der Waals surface area contributed by atoms with Crippen LogP contribution in [0.15, 0.2) is 66.6 Å². The summed E-state index contributed by atoms with van der Waals surface area (Å²) < 4.78 is 19.4. The highest BCUT2D eigenvalue weighted by molar-refractivity contribution is 5.85. The molecule has 1 fully saturated rings. The van der Waals surface area contributed by atoms with E-state index in [1.807, 2.05) is 30.5 Å². The first-order valence-electron chi connectivity index (χ1n) is 13.2. The maximum atomic E-state index is 13.7. The van der Waals surface area contributed by atoms with Gasteiger partial charge in [-0.1, -0.05) is 32.0 Å². The molecule has 0 aliphatic carbocycles. The van der Waals surface area contributed by atoms with Crippen LogP contribution in [0, 0.1) is 18.7 Å². The SMILES string of the molecule is Cc1cc(CN2CCN(c3ccc(-c4cccc(F)c4)cn3)[C@H](CC(C)C)C2)cc2c1CC=C(C(=O)O)O2. The smallest absolute Gasteiger partial charge is 0.371 e. The van der Waals surface area contributed by atoms with Crippen LogP contribution in [-0.4, -0.2) is 46.6 Å². The van der Waals surface area contributed by atoms with Gasteiger partial charge in [-0.05, 0) is 78.8 Å². The number of nitrogens with zero attached hydrogens (tertiary/aromatic N) is 3. The van der Waals surface area contributed by atoms with E-state index in [2.05, 4.69) is 36.6 Å². The monoisotopic (exact) mass is 515 g/mol. The van der Waals surface area contributed by atoms with Crippen LogP contribution in [0.4, 0.5) is 10.2 Å². The Bertz CT molecular complexity index is 1350. The Morgan fingerprint density at radius 3 is 2.71 bits per heavy atom. The molecule has 3 heterocycles. The summed E-state index contributed by atoms with van der Waals surface area (Å²) in [6, 6.07) is 15.2. The molecular formula is C31H34FN3O3. The molecule has 1 atom stereocenters. The zero-order valence-electron chi connectivity index (χ0n) is 22.2. The van der Waals surface area contributed by atoms with E-state index < -0.39 is 5.97 Å². The zero-order chi connectivity index (χ0) is 26.8. The molecule has 3 aromatic rings. The first-order chi connectivity index (χ1) is 18.3. The number of carbonyl (C=O) groups is 1. The molecule has 198 valence electrons. The molecule has 0 radical (unpaired) electrons. The lowest BCUT2D eigenvalue weighted by Crippen LogP contribution is -2.53. The number of halogens is 1. The van der Waals surface area contributed by atoms with Crippen molar-refractivity contribution < 1.29 is 19.0 Å². The quantitative estimate of drug-likeness (QED) is 0.427. The molecule has 0 bridgehead atoms. The lowest BCUT2D eigenvalue weighted by molar-refractivity contribution is -0.135. The molecule has 1 N–H and O–H groups in total. The molecular weight excluding hydrogens is 481 g/mol. The molecule has 2 aliphatic rings. The number of hydrogen-bond donors (Lipinski definition) is 1. The summed E-state index contributed by atoms with van der Waals surface area (Å²) in [5.74, 6) is 0.842. The van der Waals surface area contributed by atoms with E-state index in [1.54, 1.807) is 12.1 Å². The summed E-state index contributed by atoms with van der Waals surface area (Å²) in [5.41, 5.74) is 5.02. The summed E-state index contributed by atoms with van der Waals surface area (Å²) >= 11 is 0. The average Bonchev–Trinajstić information content (AvgIpc) is 2.88. The number of benzene rings is 2. The van der Waals surface area contributed by atoms with Crippen molar-refractivity contribution in [1.29, 1.82) is 0 Å². The largest absolute Gasteiger partial charge is 0.475 e. The van der Waals surface area contributed by atoms with Crippen molar-refractivity contribution >= 4 is 11.8 Å². The first-order valence-corrected chi connectivity index (χ1v) is 13.2. The number of carboxylic acid groups (broad SMARTS) is 1. The van der Waals surface area contributed by atoms with Gasteiger partial charge in [0.1, 0.15) is 17.4 Å². The van der Waals surface area contributed by atoms with Crippen molar-refractivity contribution in [2.45, 2.75) is 46.2 Å². The predicted octanol–water partition coefficient (Wildman–Crippen LogP) is 5.84. The molecule has 0 spiro atoms. The molecule has 38 heavy (non-hydrogen) atoms. The van der Waals surface area contributed by atoms with Crippen LogP contribution in [0.5, 0.6) is 5.75 Å². The number of aromatic nitrogens is 1. The summed E-state index contributed by atoms with van der Waals surface area (Å²) in [7, 11) is 0. The van der Waals surface area contributed by atoms with Crippen molar-refractivity contribution in [3.8, 4) is 16.9 Å². The van der Waals surface area contributed by atoms with E-state index in [0.29, 0.717) is 24.1 Å². The number of fused-ring (bicyclic) bond motifs is 1. The van der Waals surface area contributed by atoms with E-state index in [0.717, 1.165) is 66.2 Å². The van der Waals surface area contributed by atoms with Crippen LogP contribution >= 0.6 is 0 Å². The Kier molecular flexibility index (Phi) is 7.47. The van der Waals surface area contributed by atoms with Crippen molar-refractivity contribution in [3.05, 3.63) is 89.1 Å². The number of anilines is 1. The number of piperazine rings is 1. The number of aryl methyl sites for hydroxylation is 1. The van der Waals surface area contributed by atoms with E-state index in [1.165, 1.54) is 12.1 Å². The Labute approximate surface area is 223 Å². The number of pyridine rings is 1. The van der Waals surface area contributed by atoms with E-state index >= 15 is 0 Å². The molecule has 5 rings (SSSR count). The van der Waals surface area contributed by atoms with Gasteiger partial charge in [-0.2, -0.15) is 0 Å². The second-order valence-electron chi connectivity index (χ2n) is 10.7. The number of aliphatic carboxylic acids is 1. The Morgan fingerprint density at radius 1 is 1.16 bits per heavy atom. The molecule has 7 heteroatoms. The predicted molar refractivity (Wildman–Crippen MR) is 147 cm³/mol. The topological polar surface area (TPSA) is 65.9 Å².